The van der Waals surface area contributed by atoms with Gasteiger partial charge in [-0.05, 0) is 47.5 Å². The van der Waals surface area contributed by atoms with Gasteiger partial charge in [-0.25, -0.2) is 4.79 Å². The molecule has 0 saturated carbocycles. The molecule has 2 amide bonds. The Bertz CT molecular complexity index is 801. The van der Waals surface area contributed by atoms with E-state index in [-0.39, 0.29) is 6.03 Å². The van der Waals surface area contributed by atoms with Crippen LogP contribution in [0.2, 0.25) is 5.02 Å². The van der Waals surface area contributed by atoms with Crippen molar-refractivity contribution in [1.29, 1.82) is 0 Å². The Morgan fingerprint density at radius 1 is 0.696 bits per heavy atom. The van der Waals surface area contributed by atoms with Crippen molar-refractivity contribution in [1.82, 2.24) is 0 Å². The second kappa shape index (κ2) is 6.99. The number of urea groups is 1. The number of amides is 2. The van der Waals surface area contributed by atoms with Crippen LogP contribution in [0.1, 0.15) is 0 Å². The molecule has 0 aliphatic heterocycles. The zero-order chi connectivity index (χ0) is 16.1. The Kier molecular flexibility index (Phi) is 4.60. The SMILES string of the molecule is O=C(Nc1ccc(Cl)cc1)Nc1cccc(-c2ccccc2)c1. The molecule has 0 spiro atoms. The highest BCUT2D eigenvalue weighted by Gasteiger charge is 2.04. The maximum atomic E-state index is 12.1. The summed E-state index contributed by atoms with van der Waals surface area (Å²) < 4.78 is 0. The van der Waals surface area contributed by atoms with Crippen LogP contribution in [0.3, 0.4) is 0 Å². The summed E-state index contributed by atoms with van der Waals surface area (Å²) in [6.07, 6.45) is 0. The van der Waals surface area contributed by atoms with Crippen LogP contribution in [-0.2, 0) is 0 Å². The van der Waals surface area contributed by atoms with E-state index >= 15 is 0 Å². The van der Waals surface area contributed by atoms with Crippen LogP contribution in [0.25, 0.3) is 11.1 Å². The Labute approximate surface area is 139 Å². The van der Waals surface area contributed by atoms with E-state index in [1.807, 2.05) is 54.6 Å². The lowest BCUT2D eigenvalue weighted by Gasteiger charge is -2.09. The Morgan fingerprint density at radius 3 is 2.09 bits per heavy atom. The van der Waals surface area contributed by atoms with Crippen LogP contribution < -0.4 is 10.6 Å². The van der Waals surface area contributed by atoms with Gasteiger partial charge >= 0.3 is 6.03 Å². The van der Waals surface area contributed by atoms with Crippen molar-refractivity contribution in [2.24, 2.45) is 0 Å². The average molecular weight is 323 g/mol. The molecule has 4 heteroatoms. The first kappa shape index (κ1) is 15.1. The number of carbonyl (C=O) groups is 1. The molecule has 0 aliphatic rings. The first-order valence-corrected chi connectivity index (χ1v) is 7.57. The molecule has 3 nitrogen and oxygen atoms in total. The van der Waals surface area contributed by atoms with Gasteiger partial charge in [0.1, 0.15) is 0 Å². The highest BCUT2D eigenvalue weighted by Crippen LogP contribution is 2.22. The standard InChI is InChI=1S/C19H15ClN2O/c20-16-9-11-17(12-10-16)21-19(23)22-18-8-4-7-15(13-18)14-5-2-1-3-6-14/h1-13H,(H2,21,22,23). The number of hydrogen-bond acceptors (Lipinski definition) is 1. The van der Waals surface area contributed by atoms with E-state index in [9.17, 15) is 4.79 Å². The fraction of sp³-hybridized carbons (Fsp3) is 0. The van der Waals surface area contributed by atoms with E-state index in [4.69, 9.17) is 11.6 Å². The molecular formula is C19H15ClN2O. The molecule has 0 fully saturated rings. The lowest BCUT2D eigenvalue weighted by atomic mass is 10.1. The van der Waals surface area contributed by atoms with E-state index in [0.29, 0.717) is 10.7 Å². The van der Waals surface area contributed by atoms with Crippen molar-refractivity contribution in [3.63, 3.8) is 0 Å². The third-order valence-electron chi connectivity index (χ3n) is 3.33. The molecule has 3 aromatic rings. The van der Waals surface area contributed by atoms with Crippen LogP contribution in [0, 0.1) is 0 Å². The van der Waals surface area contributed by atoms with Crippen molar-refractivity contribution in [3.05, 3.63) is 83.9 Å². The molecule has 0 aliphatic carbocycles. The molecule has 114 valence electrons. The molecule has 0 aromatic heterocycles. The van der Waals surface area contributed by atoms with Crippen molar-refractivity contribution >= 4 is 29.0 Å². The van der Waals surface area contributed by atoms with Crippen LogP contribution in [0.4, 0.5) is 16.2 Å². The number of anilines is 2. The van der Waals surface area contributed by atoms with Crippen LogP contribution in [0.15, 0.2) is 78.9 Å². The Morgan fingerprint density at radius 2 is 1.35 bits per heavy atom. The van der Waals surface area contributed by atoms with Gasteiger partial charge in [-0.1, -0.05) is 54.1 Å². The number of hydrogen-bond donors (Lipinski definition) is 2. The van der Waals surface area contributed by atoms with Gasteiger partial charge in [-0.2, -0.15) is 0 Å². The normalized spacial score (nSPS) is 10.1. The van der Waals surface area contributed by atoms with E-state index in [1.54, 1.807) is 24.3 Å². The second-order valence-electron chi connectivity index (χ2n) is 5.03. The summed E-state index contributed by atoms with van der Waals surface area (Å²) in [5.74, 6) is 0. The Hall–Kier alpha value is -2.78. The van der Waals surface area contributed by atoms with E-state index in [1.165, 1.54) is 0 Å². The van der Waals surface area contributed by atoms with E-state index in [0.717, 1.165) is 16.8 Å². The van der Waals surface area contributed by atoms with Gasteiger partial charge in [0.15, 0.2) is 0 Å². The second-order valence-corrected chi connectivity index (χ2v) is 5.47. The zero-order valence-corrected chi connectivity index (χ0v) is 13.0. The summed E-state index contributed by atoms with van der Waals surface area (Å²) >= 11 is 5.83. The van der Waals surface area contributed by atoms with Gasteiger partial charge in [0.2, 0.25) is 0 Å². The number of rotatable bonds is 3. The van der Waals surface area contributed by atoms with Gasteiger partial charge < -0.3 is 10.6 Å². The summed E-state index contributed by atoms with van der Waals surface area (Å²) in [5.41, 5.74) is 3.58. The van der Waals surface area contributed by atoms with E-state index in [2.05, 4.69) is 10.6 Å². The minimum atomic E-state index is -0.294. The average Bonchev–Trinajstić information content (AvgIpc) is 2.58. The molecule has 2 N–H and O–H groups in total. The molecule has 3 rings (SSSR count). The van der Waals surface area contributed by atoms with Gasteiger partial charge in [0.25, 0.3) is 0 Å². The molecule has 3 aromatic carbocycles. The van der Waals surface area contributed by atoms with Gasteiger partial charge in [0, 0.05) is 16.4 Å². The van der Waals surface area contributed by atoms with Crippen molar-refractivity contribution in [2.45, 2.75) is 0 Å². The molecule has 0 bridgehead atoms. The zero-order valence-electron chi connectivity index (χ0n) is 12.3. The topological polar surface area (TPSA) is 41.1 Å². The van der Waals surface area contributed by atoms with Crippen LogP contribution in [0.5, 0.6) is 0 Å². The summed E-state index contributed by atoms with van der Waals surface area (Å²) in [4.78, 5) is 12.1. The largest absolute Gasteiger partial charge is 0.323 e. The summed E-state index contributed by atoms with van der Waals surface area (Å²) in [5, 5.41) is 6.23. The Balaban J connectivity index is 1.70. The van der Waals surface area contributed by atoms with Crippen molar-refractivity contribution in [3.8, 4) is 11.1 Å². The monoisotopic (exact) mass is 322 g/mol. The summed E-state index contributed by atoms with van der Waals surface area (Å²) in [7, 11) is 0. The molecule has 0 radical (unpaired) electrons. The van der Waals surface area contributed by atoms with Gasteiger partial charge in [0.05, 0.1) is 0 Å². The van der Waals surface area contributed by atoms with Gasteiger partial charge in [-0.3, -0.25) is 0 Å². The number of benzene rings is 3. The molecular weight excluding hydrogens is 308 g/mol. The van der Waals surface area contributed by atoms with E-state index < -0.39 is 0 Å². The lowest BCUT2D eigenvalue weighted by molar-refractivity contribution is 0.262. The maximum absolute atomic E-state index is 12.1. The minimum absolute atomic E-state index is 0.294. The molecule has 0 heterocycles. The first-order valence-electron chi connectivity index (χ1n) is 7.20. The lowest BCUT2D eigenvalue weighted by Crippen LogP contribution is -2.19. The first-order chi connectivity index (χ1) is 11.2. The maximum Gasteiger partial charge on any atom is 0.323 e. The van der Waals surface area contributed by atoms with Crippen molar-refractivity contribution < 1.29 is 4.79 Å². The summed E-state index contributed by atoms with van der Waals surface area (Å²) in [6.45, 7) is 0. The predicted molar refractivity (Wildman–Crippen MR) is 96.0 cm³/mol. The van der Waals surface area contributed by atoms with Crippen LogP contribution >= 0.6 is 11.6 Å². The molecule has 0 unspecified atom stereocenters. The summed E-state index contributed by atoms with van der Waals surface area (Å²) in [6, 6.07) is 24.4. The minimum Gasteiger partial charge on any atom is -0.308 e. The van der Waals surface area contributed by atoms with Crippen molar-refractivity contribution in [2.75, 3.05) is 10.6 Å². The third kappa shape index (κ3) is 4.11. The quantitative estimate of drug-likeness (QED) is 0.642. The highest BCUT2D eigenvalue weighted by atomic mass is 35.5. The predicted octanol–water partition coefficient (Wildman–Crippen LogP) is 5.65. The molecule has 0 atom stereocenters. The fourth-order valence-electron chi connectivity index (χ4n) is 2.23. The van der Waals surface area contributed by atoms with Crippen LogP contribution in [-0.4, -0.2) is 6.03 Å². The molecule has 23 heavy (non-hydrogen) atoms. The smallest absolute Gasteiger partial charge is 0.308 e. The number of halogens is 1. The van der Waals surface area contributed by atoms with Gasteiger partial charge in [-0.15, -0.1) is 0 Å². The highest BCUT2D eigenvalue weighted by molar-refractivity contribution is 6.30. The molecule has 0 saturated heterocycles. The number of nitrogens with one attached hydrogen (secondary N) is 2. The third-order valence-corrected chi connectivity index (χ3v) is 3.58. The fourth-order valence-corrected chi connectivity index (χ4v) is 2.36. The number of carbonyl (C=O) groups excluding carboxylic acids is 1.